The maximum Gasteiger partial charge on any atom is 0.258 e. The second kappa shape index (κ2) is 8.17. The Hall–Kier alpha value is -1.36. The number of hydrogen-bond donors (Lipinski definition) is 1. The van der Waals surface area contributed by atoms with E-state index in [0.717, 1.165) is 23.6 Å². The van der Waals surface area contributed by atoms with E-state index in [1.54, 1.807) is 18.2 Å². The third-order valence-corrected chi connectivity index (χ3v) is 4.17. The van der Waals surface area contributed by atoms with Crippen LogP contribution in [0.3, 0.4) is 0 Å². The van der Waals surface area contributed by atoms with Gasteiger partial charge in [0.25, 0.3) is 5.91 Å². The zero-order valence-electron chi connectivity index (χ0n) is 11.9. The third-order valence-electron chi connectivity index (χ3n) is 3.68. The van der Waals surface area contributed by atoms with Crippen LogP contribution in [-0.2, 0) is 4.79 Å². The molecule has 1 fully saturated rings. The Labute approximate surface area is 133 Å². The molecule has 0 radical (unpaired) electrons. The Morgan fingerprint density at radius 3 is 2.67 bits per heavy atom. The summed E-state index contributed by atoms with van der Waals surface area (Å²) in [4.78, 5) is 22.9. The average molecular weight is 354 g/mol. The van der Waals surface area contributed by atoms with Crippen LogP contribution in [0.4, 0.5) is 0 Å². The van der Waals surface area contributed by atoms with Gasteiger partial charge in [-0.1, -0.05) is 41.6 Å². The zero-order chi connectivity index (χ0) is 15.1. The lowest BCUT2D eigenvalue weighted by Crippen LogP contribution is -2.37. The molecular formula is C16H20BrNO3. The van der Waals surface area contributed by atoms with E-state index in [0.29, 0.717) is 11.3 Å². The molecule has 0 spiro atoms. The molecule has 1 aromatic carbocycles. The summed E-state index contributed by atoms with van der Waals surface area (Å²) in [6.07, 6.45) is 7.67. The molecule has 0 saturated heterocycles. The summed E-state index contributed by atoms with van der Waals surface area (Å²) in [5, 5.41) is 3.02. The van der Waals surface area contributed by atoms with E-state index >= 15 is 0 Å². The number of hydrogen-bond acceptors (Lipinski definition) is 3. The smallest absolute Gasteiger partial charge is 0.258 e. The Balaban J connectivity index is 1.84. The van der Waals surface area contributed by atoms with E-state index < -0.39 is 0 Å². The van der Waals surface area contributed by atoms with Crippen LogP contribution in [-0.4, -0.2) is 24.8 Å². The monoisotopic (exact) mass is 353 g/mol. The van der Waals surface area contributed by atoms with Crippen molar-refractivity contribution in [1.82, 2.24) is 5.32 Å². The summed E-state index contributed by atoms with van der Waals surface area (Å²) in [7, 11) is 0. The third kappa shape index (κ3) is 5.16. The van der Waals surface area contributed by atoms with E-state index in [1.807, 2.05) is 0 Å². The first-order valence-electron chi connectivity index (χ1n) is 7.36. The summed E-state index contributed by atoms with van der Waals surface area (Å²) in [5.74, 6) is 0.311. The van der Waals surface area contributed by atoms with Crippen LogP contribution in [0.2, 0.25) is 0 Å². The molecule has 1 aliphatic carbocycles. The fraction of sp³-hybridized carbons (Fsp3) is 0.500. The summed E-state index contributed by atoms with van der Waals surface area (Å²) in [6, 6.07) is 5.41. The van der Waals surface area contributed by atoms with Gasteiger partial charge in [-0.2, -0.15) is 0 Å². The van der Waals surface area contributed by atoms with Crippen molar-refractivity contribution in [1.29, 1.82) is 0 Å². The number of carbonyl (C=O) groups excluding carboxylic acids is 2. The lowest BCUT2D eigenvalue weighted by Gasteiger charge is -2.16. The number of benzene rings is 1. The number of aldehydes is 1. The van der Waals surface area contributed by atoms with Gasteiger partial charge in [0, 0.05) is 10.5 Å². The van der Waals surface area contributed by atoms with E-state index in [9.17, 15) is 9.59 Å². The SMILES string of the molecule is O=Cc1cc(Br)ccc1OCC(=O)NC1CCCCCC1. The van der Waals surface area contributed by atoms with Gasteiger partial charge in [-0.25, -0.2) is 0 Å². The summed E-state index contributed by atoms with van der Waals surface area (Å²) < 4.78 is 6.26. The molecule has 4 nitrogen and oxygen atoms in total. The molecule has 0 atom stereocenters. The molecule has 1 amide bonds. The molecule has 1 aromatic rings. The quantitative estimate of drug-likeness (QED) is 0.651. The van der Waals surface area contributed by atoms with Gasteiger partial charge in [-0.3, -0.25) is 9.59 Å². The van der Waals surface area contributed by atoms with Gasteiger partial charge < -0.3 is 10.1 Å². The first kappa shape index (κ1) is 16.0. The standard InChI is InChI=1S/C16H20BrNO3/c17-13-7-8-15(12(9-13)10-19)21-11-16(20)18-14-5-3-1-2-4-6-14/h7-10,14H,1-6,11H2,(H,18,20). The van der Waals surface area contributed by atoms with E-state index in [1.165, 1.54) is 25.7 Å². The van der Waals surface area contributed by atoms with Crippen molar-refractivity contribution < 1.29 is 14.3 Å². The lowest BCUT2D eigenvalue weighted by molar-refractivity contribution is -0.123. The maximum atomic E-state index is 11.9. The molecule has 1 saturated carbocycles. The minimum Gasteiger partial charge on any atom is -0.483 e. The fourth-order valence-corrected chi connectivity index (χ4v) is 2.96. The zero-order valence-corrected chi connectivity index (χ0v) is 13.5. The van der Waals surface area contributed by atoms with Crippen molar-refractivity contribution >= 4 is 28.1 Å². The lowest BCUT2D eigenvalue weighted by atomic mass is 10.1. The second-order valence-corrected chi connectivity index (χ2v) is 6.26. The van der Waals surface area contributed by atoms with Gasteiger partial charge in [0.1, 0.15) is 5.75 Å². The number of nitrogens with one attached hydrogen (secondary N) is 1. The Bertz CT molecular complexity index is 496. The Kier molecular flexibility index (Phi) is 6.23. The molecule has 0 aromatic heterocycles. The van der Waals surface area contributed by atoms with Crippen LogP contribution in [0, 0.1) is 0 Å². The highest BCUT2D eigenvalue weighted by Gasteiger charge is 2.15. The molecule has 0 heterocycles. The van der Waals surface area contributed by atoms with Crippen LogP contribution in [0.5, 0.6) is 5.75 Å². The first-order chi connectivity index (χ1) is 10.2. The van der Waals surface area contributed by atoms with Gasteiger partial charge in [0.2, 0.25) is 0 Å². The van der Waals surface area contributed by atoms with E-state index in [-0.39, 0.29) is 18.6 Å². The summed E-state index contributed by atoms with van der Waals surface area (Å²) in [5.41, 5.74) is 0.437. The van der Waals surface area contributed by atoms with Crippen molar-refractivity contribution in [3.05, 3.63) is 28.2 Å². The molecule has 1 aliphatic rings. The summed E-state index contributed by atoms with van der Waals surface area (Å²) >= 11 is 3.30. The molecule has 1 N–H and O–H groups in total. The van der Waals surface area contributed by atoms with Crippen LogP contribution < -0.4 is 10.1 Å². The van der Waals surface area contributed by atoms with E-state index in [4.69, 9.17) is 4.74 Å². The van der Waals surface area contributed by atoms with Crippen LogP contribution >= 0.6 is 15.9 Å². The van der Waals surface area contributed by atoms with Gasteiger partial charge in [-0.05, 0) is 31.0 Å². The van der Waals surface area contributed by atoms with Crippen LogP contribution in [0.25, 0.3) is 0 Å². The molecule has 0 aliphatic heterocycles. The highest BCUT2D eigenvalue weighted by Crippen LogP contribution is 2.22. The Morgan fingerprint density at radius 2 is 2.00 bits per heavy atom. The Morgan fingerprint density at radius 1 is 1.29 bits per heavy atom. The predicted octanol–water partition coefficient (Wildman–Crippen LogP) is 3.48. The highest BCUT2D eigenvalue weighted by molar-refractivity contribution is 9.10. The second-order valence-electron chi connectivity index (χ2n) is 5.34. The summed E-state index contributed by atoms with van der Waals surface area (Å²) in [6.45, 7) is -0.0566. The van der Waals surface area contributed by atoms with Crippen molar-refractivity contribution in [2.24, 2.45) is 0 Å². The van der Waals surface area contributed by atoms with Gasteiger partial charge in [0.15, 0.2) is 12.9 Å². The van der Waals surface area contributed by atoms with Crippen molar-refractivity contribution in [3.8, 4) is 5.75 Å². The molecule has 21 heavy (non-hydrogen) atoms. The molecule has 5 heteroatoms. The number of ether oxygens (including phenoxy) is 1. The molecular weight excluding hydrogens is 334 g/mol. The van der Waals surface area contributed by atoms with Crippen molar-refractivity contribution in [3.63, 3.8) is 0 Å². The van der Waals surface area contributed by atoms with Crippen LogP contribution in [0.15, 0.2) is 22.7 Å². The minimum absolute atomic E-state index is 0.0566. The van der Waals surface area contributed by atoms with Gasteiger partial charge in [-0.15, -0.1) is 0 Å². The fourth-order valence-electron chi connectivity index (χ4n) is 2.58. The van der Waals surface area contributed by atoms with Gasteiger partial charge >= 0.3 is 0 Å². The maximum absolute atomic E-state index is 11.9. The van der Waals surface area contributed by atoms with Crippen molar-refractivity contribution in [2.75, 3.05) is 6.61 Å². The average Bonchev–Trinajstić information content (AvgIpc) is 2.74. The highest BCUT2D eigenvalue weighted by atomic mass is 79.9. The van der Waals surface area contributed by atoms with E-state index in [2.05, 4.69) is 21.2 Å². The first-order valence-corrected chi connectivity index (χ1v) is 8.15. The van der Waals surface area contributed by atoms with Crippen molar-refractivity contribution in [2.45, 2.75) is 44.6 Å². The minimum atomic E-state index is -0.123. The number of rotatable bonds is 5. The molecule has 0 unspecified atom stereocenters. The number of carbonyl (C=O) groups is 2. The predicted molar refractivity (Wildman–Crippen MR) is 84.7 cm³/mol. The number of halogens is 1. The molecule has 0 bridgehead atoms. The normalized spacial score (nSPS) is 16.0. The topological polar surface area (TPSA) is 55.4 Å². The largest absolute Gasteiger partial charge is 0.483 e. The number of amides is 1. The van der Waals surface area contributed by atoms with Crippen LogP contribution in [0.1, 0.15) is 48.9 Å². The molecule has 114 valence electrons. The van der Waals surface area contributed by atoms with Gasteiger partial charge in [0.05, 0.1) is 5.56 Å². The molecule has 2 rings (SSSR count).